The molecule has 12 heteroatoms. The van der Waals surface area contributed by atoms with Crippen LogP contribution in [-0.2, 0) is 20.5 Å². The standard InChI is InChI=1S/C15H16F3N3O6/c16-15(17,18)9-1-2-10(11(7-9)21(25)26)19-5-3-12(22)20-14(13(23)24)4-6-27-8-14/h1-2,7,19H,3-6,8H2,(H,20,22)(H,23,24). The number of carboxylic acid groups (broad SMARTS) is 1. The predicted molar refractivity (Wildman–Crippen MR) is 85.2 cm³/mol. The summed E-state index contributed by atoms with van der Waals surface area (Å²) in [6, 6.07) is 1.99. The first-order valence-electron chi connectivity index (χ1n) is 7.77. The zero-order valence-electron chi connectivity index (χ0n) is 13.8. The normalized spacial score (nSPS) is 19.5. The number of anilines is 1. The topological polar surface area (TPSA) is 131 Å². The Morgan fingerprint density at radius 3 is 2.59 bits per heavy atom. The maximum Gasteiger partial charge on any atom is 0.416 e. The van der Waals surface area contributed by atoms with E-state index in [2.05, 4.69) is 10.6 Å². The number of carbonyl (C=O) groups excluding carboxylic acids is 1. The zero-order chi connectivity index (χ0) is 20.2. The highest BCUT2D eigenvalue weighted by atomic mass is 19.4. The number of halogens is 3. The number of amides is 1. The molecule has 0 aromatic heterocycles. The summed E-state index contributed by atoms with van der Waals surface area (Å²) < 4.78 is 43.0. The van der Waals surface area contributed by atoms with E-state index in [0.717, 1.165) is 6.07 Å². The van der Waals surface area contributed by atoms with Crippen molar-refractivity contribution in [2.75, 3.05) is 25.1 Å². The second-order valence-corrected chi connectivity index (χ2v) is 5.90. The monoisotopic (exact) mass is 391 g/mol. The van der Waals surface area contributed by atoms with Crippen LogP contribution in [-0.4, -0.2) is 47.2 Å². The van der Waals surface area contributed by atoms with Crippen molar-refractivity contribution in [1.82, 2.24) is 5.32 Å². The van der Waals surface area contributed by atoms with Crippen molar-refractivity contribution in [3.8, 4) is 0 Å². The summed E-state index contributed by atoms with van der Waals surface area (Å²) in [5.74, 6) is -1.87. The maximum absolute atomic E-state index is 12.7. The first kappa shape index (κ1) is 20.4. The molecule has 1 aromatic carbocycles. The number of nitrogens with one attached hydrogen (secondary N) is 2. The molecule has 27 heavy (non-hydrogen) atoms. The molecule has 1 atom stereocenters. The van der Waals surface area contributed by atoms with Crippen LogP contribution in [0.25, 0.3) is 0 Å². The van der Waals surface area contributed by atoms with Crippen molar-refractivity contribution in [1.29, 1.82) is 0 Å². The van der Waals surface area contributed by atoms with Gasteiger partial charge in [-0.05, 0) is 12.1 Å². The SMILES string of the molecule is O=C(CCNc1ccc(C(F)(F)F)cc1[N+](=O)[O-])NC1(C(=O)O)CCOC1. The molecule has 0 aliphatic carbocycles. The predicted octanol–water partition coefficient (Wildman–Crippen LogP) is 1.78. The van der Waals surface area contributed by atoms with Crippen LogP contribution >= 0.6 is 0 Å². The van der Waals surface area contributed by atoms with Crippen LogP contribution in [0.2, 0.25) is 0 Å². The number of hydrogen-bond acceptors (Lipinski definition) is 6. The summed E-state index contributed by atoms with van der Waals surface area (Å²) in [5, 5.41) is 25.1. The molecule has 1 aromatic rings. The fraction of sp³-hybridized carbons (Fsp3) is 0.467. The molecule has 0 radical (unpaired) electrons. The van der Waals surface area contributed by atoms with Crippen LogP contribution in [0.15, 0.2) is 18.2 Å². The van der Waals surface area contributed by atoms with Crippen LogP contribution in [0.5, 0.6) is 0 Å². The number of aliphatic carboxylic acids is 1. The van der Waals surface area contributed by atoms with Gasteiger partial charge in [-0.3, -0.25) is 14.9 Å². The van der Waals surface area contributed by atoms with Gasteiger partial charge in [-0.2, -0.15) is 13.2 Å². The van der Waals surface area contributed by atoms with Crippen molar-refractivity contribution in [3.63, 3.8) is 0 Å². The third-order valence-electron chi connectivity index (χ3n) is 4.00. The number of nitrogens with zero attached hydrogens (tertiary/aromatic N) is 1. The quantitative estimate of drug-likeness (QED) is 0.477. The number of alkyl halides is 3. The van der Waals surface area contributed by atoms with Crippen molar-refractivity contribution >= 4 is 23.3 Å². The lowest BCUT2D eigenvalue weighted by molar-refractivity contribution is -0.384. The van der Waals surface area contributed by atoms with E-state index in [4.69, 9.17) is 4.74 Å². The summed E-state index contributed by atoms with van der Waals surface area (Å²) in [6.45, 7) is -0.136. The van der Waals surface area contributed by atoms with Crippen molar-refractivity contribution in [3.05, 3.63) is 33.9 Å². The Morgan fingerprint density at radius 2 is 2.07 bits per heavy atom. The smallest absolute Gasteiger partial charge is 0.416 e. The molecule has 1 heterocycles. The fourth-order valence-corrected chi connectivity index (χ4v) is 2.53. The molecule has 3 N–H and O–H groups in total. The van der Waals surface area contributed by atoms with Gasteiger partial charge < -0.3 is 20.5 Å². The number of hydrogen-bond donors (Lipinski definition) is 3. The van der Waals surface area contributed by atoms with Crippen molar-refractivity contribution in [2.45, 2.75) is 24.6 Å². The second kappa shape index (κ2) is 7.78. The van der Waals surface area contributed by atoms with E-state index in [-0.39, 0.29) is 38.3 Å². The van der Waals surface area contributed by atoms with Crippen molar-refractivity contribution in [2.24, 2.45) is 0 Å². The average molecular weight is 391 g/mol. The van der Waals surface area contributed by atoms with E-state index in [0.29, 0.717) is 12.1 Å². The lowest BCUT2D eigenvalue weighted by Gasteiger charge is -2.23. The molecule has 1 aliphatic rings. The van der Waals surface area contributed by atoms with Crippen molar-refractivity contribution < 1.29 is 37.5 Å². The highest BCUT2D eigenvalue weighted by molar-refractivity contribution is 5.87. The van der Waals surface area contributed by atoms with E-state index >= 15 is 0 Å². The highest BCUT2D eigenvalue weighted by Gasteiger charge is 2.43. The minimum atomic E-state index is -4.72. The average Bonchev–Trinajstić information content (AvgIpc) is 3.03. The molecule has 9 nitrogen and oxygen atoms in total. The van der Waals surface area contributed by atoms with Gasteiger partial charge in [0.05, 0.1) is 17.1 Å². The molecule has 1 unspecified atom stereocenters. The first-order valence-corrected chi connectivity index (χ1v) is 7.77. The summed E-state index contributed by atoms with van der Waals surface area (Å²) in [6.07, 6.45) is -4.86. The summed E-state index contributed by atoms with van der Waals surface area (Å²) in [4.78, 5) is 33.3. The van der Waals surface area contributed by atoms with Gasteiger partial charge in [0, 0.05) is 32.1 Å². The Balaban J connectivity index is 1.99. The van der Waals surface area contributed by atoms with Crippen LogP contribution in [0, 0.1) is 10.1 Å². The number of nitro benzene ring substituents is 1. The zero-order valence-corrected chi connectivity index (χ0v) is 13.8. The molecule has 148 valence electrons. The minimum absolute atomic E-state index is 0.103. The molecule has 0 bridgehead atoms. The van der Waals surface area contributed by atoms with Gasteiger partial charge in [-0.25, -0.2) is 4.79 Å². The fourth-order valence-electron chi connectivity index (χ4n) is 2.53. The number of nitro groups is 1. The molecular formula is C15H16F3N3O6. The van der Waals surface area contributed by atoms with Gasteiger partial charge in [-0.1, -0.05) is 0 Å². The number of rotatable bonds is 7. The summed E-state index contributed by atoms with van der Waals surface area (Å²) >= 11 is 0. The molecule has 1 saturated heterocycles. The Bertz CT molecular complexity index is 747. The van der Waals surface area contributed by atoms with Gasteiger partial charge in [0.2, 0.25) is 5.91 Å². The maximum atomic E-state index is 12.7. The second-order valence-electron chi connectivity index (χ2n) is 5.90. The van der Waals surface area contributed by atoms with Gasteiger partial charge in [-0.15, -0.1) is 0 Å². The highest BCUT2D eigenvalue weighted by Crippen LogP contribution is 2.34. The molecule has 2 rings (SSSR count). The number of benzene rings is 1. The Hall–Kier alpha value is -2.89. The summed E-state index contributed by atoms with van der Waals surface area (Å²) in [7, 11) is 0. The van der Waals surface area contributed by atoms with E-state index in [1.54, 1.807) is 0 Å². The van der Waals surface area contributed by atoms with Gasteiger partial charge in [0.1, 0.15) is 5.69 Å². The largest absolute Gasteiger partial charge is 0.479 e. The molecule has 0 spiro atoms. The number of ether oxygens (including phenoxy) is 1. The Kier molecular flexibility index (Phi) is 5.88. The third kappa shape index (κ3) is 4.84. The third-order valence-corrected chi connectivity index (χ3v) is 4.00. The van der Waals surface area contributed by atoms with Crippen LogP contribution in [0.1, 0.15) is 18.4 Å². The molecule has 1 fully saturated rings. The molecule has 1 aliphatic heterocycles. The molecule has 1 amide bonds. The van der Waals surface area contributed by atoms with Crippen LogP contribution < -0.4 is 10.6 Å². The lowest BCUT2D eigenvalue weighted by atomic mass is 9.99. The van der Waals surface area contributed by atoms with E-state index in [1.165, 1.54) is 0 Å². The van der Waals surface area contributed by atoms with Crippen LogP contribution in [0.4, 0.5) is 24.5 Å². The Labute approximate surface area is 150 Å². The van der Waals surface area contributed by atoms with Gasteiger partial charge in [0.15, 0.2) is 5.54 Å². The first-order chi connectivity index (χ1) is 12.5. The van der Waals surface area contributed by atoms with Gasteiger partial charge >= 0.3 is 12.1 Å². The number of carbonyl (C=O) groups is 2. The minimum Gasteiger partial charge on any atom is -0.479 e. The molecule has 0 saturated carbocycles. The lowest BCUT2D eigenvalue weighted by Crippen LogP contribution is -2.55. The van der Waals surface area contributed by atoms with E-state index in [1.807, 2.05) is 0 Å². The number of carboxylic acids is 1. The van der Waals surface area contributed by atoms with Crippen LogP contribution in [0.3, 0.4) is 0 Å². The Morgan fingerprint density at radius 1 is 1.37 bits per heavy atom. The van der Waals surface area contributed by atoms with E-state index in [9.17, 15) is 38.0 Å². The molecular weight excluding hydrogens is 375 g/mol. The van der Waals surface area contributed by atoms with Gasteiger partial charge in [0.25, 0.3) is 5.69 Å². The van der Waals surface area contributed by atoms with E-state index < -0.39 is 39.8 Å². The summed E-state index contributed by atoms with van der Waals surface area (Å²) in [5.41, 5.74) is -3.64.